The molecule has 8 heteroatoms. The summed E-state index contributed by atoms with van der Waals surface area (Å²) in [4.78, 5) is 28.0. The summed E-state index contributed by atoms with van der Waals surface area (Å²) in [6.07, 6.45) is -0.124. The highest BCUT2D eigenvalue weighted by Crippen LogP contribution is 2.29. The molecule has 2 aliphatic heterocycles. The summed E-state index contributed by atoms with van der Waals surface area (Å²) in [6.45, 7) is 9.88. The Hall–Kier alpha value is -1.31. The summed E-state index contributed by atoms with van der Waals surface area (Å²) < 4.78 is 29.7. The molecule has 0 N–H and O–H groups in total. The highest BCUT2D eigenvalue weighted by Gasteiger charge is 2.50. The summed E-state index contributed by atoms with van der Waals surface area (Å²) in [5.41, 5.74) is -0.644. The van der Waals surface area contributed by atoms with Gasteiger partial charge in [-0.1, -0.05) is 13.8 Å². The van der Waals surface area contributed by atoms with Crippen LogP contribution in [0.3, 0.4) is 0 Å². The predicted octanol–water partition coefficient (Wildman–Crippen LogP) is 1.28. The third-order valence-electron chi connectivity index (χ3n) is 4.21. The van der Waals surface area contributed by atoms with Gasteiger partial charge in [-0.15, -0.1) is 0 Å². The summed E-state index contributed by atoms with van der Waals surface area (Å²) in [5.74, 6) is -0.0258. The van der Waals surface area contributed by atoms with Crippen molar-refractivity contribution in [1.29, 1.82) is 0 Å². The van der Waals surface area contributed by atoms with Crippen molar-refractivity contribution in [3.05, 3.63) is 0 Å². The van der Waals surface area contributed by atoms with Gasteiger partial charge in [-0.05, 0) is 26.7 Å². The van der Waals surface area contributed by atoms with Crippen LogP contribution in [0.15, 0.2) is 0 Å². The van der Waals surface area contributed by atoms with Crippen LogP contribution in [-0.2, 0) is 19.4 Å². The maximum Gasteiger partial charge on any atom is 0.410 e. The number of ether oxygens (including phenoxy) is 1. The van der Waals surface area contributed by atoms with Gasteiger partial charge in [-0.25, -0.2) is 13.2 Å². The minimum atomic E-state index is -3.28. The number of hydrogen-bond donors (Lipinski definition) is 0. The van der Waals surface area contributed by atoms with Crippen molar-refractivity contribution in [1.82, 2.24) is 9.80 Å². The minimum Gasteiger partial charge on any atom is -0.444 e. The van der Waals surface area contributed by atoms with Crippen LogP contribution in [0.1, 0.15) is 41.0 Å². The maximum atomic E-state index is 12.5. The zero-order chi connectivity index (χ0) is 18.3. The molecule has 24 heavy (non-hydrogen) atoms. The zero-order valence-electron chi connectivity index (χ0n) is 15.1. The Bertz CT molecular complexity index is 608. The summed E-state index contributed by atoms with van der Waals surface area (Å²) in [6, 6.07) is -0.989. The lowest BCUT2D eigenvalue weighted by atomic mass is 10.0. The molecule has 2 fully saturated rings. The summed E-state index contributed by atoms with van der Waals surface area (Å²) in [7, 11) is -3.28. The Kier molecular flexibility index (Phi) is 5.18. The third-order valence-corrected chi connectivity index (χ3v) is 5.91. The molecule has 0 unspecified atom stereocenters. The Morgan fingerprint density at radius 3 is 2.08 bits per heavy atom. The van der Waals surface area contributed by atoms with Crippen molar-refractivity contribution in [3.63, 3.8) is 0 Å². The largest absolute Gasteiger partial charge is 0.444 e. The van der Waals surface area contributed by atoms with Crippen molar-refractivity contribution in [2.24, 2.45) is 5.92 Å². The highest BCUT2D eigenvalue weighted by molar-refractivity contribution is 7.91. The molecule has 2 aliphatic rings. The lowest BCUT2D eigenvalue weighted by Crippen LogP contribution is -2.62. The van der Waals surface area contributed by atoms with Crippen LogP contribution in [0.2, 0.25) is 0 Å². The van der Waals surface area contributed by atoms with E-state index in [9.17, 15) is 18.0 Å². The van der Waals surface area contributed by atoms with Gasteiger partial charge in [0.25, 0.3) is 0 Å². The standard InChI is InChI=1S/C16H28N2O5S/c1-11(2)8-14(19)17-6-7-18(15(20)23-16(3,4)5)13-10-24(21,22)9-12(13)17/h11-13H,6-10H2,1-5H3/t12-,13+/m0/s1. The van der Waals surface area contributed by atoms with Crippen molar-refractivity contribution in [2.75, 3.05) is 24.6 Å². The van der Waals surface area contributed by atoms with Crippen LogP contribution < -0.4 is 0 Å². The normalized spacial score (nSPS) is 26.4. The van der Waals surface area contributed by atoms with Gasteiger partial charge in [0.15, 0.2) is 9.84 Å². The van der Waals surface area contributed by atoms with Gasteiger partial charge >= 0.3 is 6.09 Å². The van der Waals surface area contributed by atoms with Crippen molar-refractivity contribution < 1.29 is 22.7 Å². The van der Waals surface area contributed by atoms with Crippen LogP contribution >= 0.6 is 0 Å². The van der Waals surface area contributed by atoms with E-state index in [1.165, 1.54) is 4.90 Å². The Balaban J connectivity index is 2.21. The molecule has 138 valence electrons. The van der Waals surface area contributed by atoms with Gasteiger partial charge in [0.1, 0.15) is 5.60 Å². The van der Waals surface area contributed by atoms with Crippen LogP contribution in [0.5, 0.6) is 0 Å². The molecule has 0 aromatic carbocycles. The van der Waals surface area contributed by atoms with Crippen LogP contribution in [0, 0.1) is 5.92 Å². The van der Waals surface area contributed by atoms with E-state index in [1.807, 2.05) is 13.8 Å². The number of amides is 2. The Labute approximate surface area is 144 Å². The highest BCUT2D eigenvalue weighted by atomic mass is 32.2. The zero-order valence-corrected chi connectivity index (χ0v) is 15.9. The number of sulfone groups is 1. The number of carbonyl (C=O) groups is 2. The first kappa shape index (κ1) is 19.0. The molecule has 2 rings (SSSR count). The topological polar surface area (TPSA) is 84.0 Å². The molecule has 0 aliphatic carbocycles. The fourth-order valence-corrected chi connectivity index (χ4v) is 5.26. The lowest BCUT2D eigenvalue weighted by molar-refractivity contribution is -0.137. The molecule has 2 atom stereocenters. The van der Waals surface area contributed by atoms with E-state index in [-0.39, 0.29) is 23.3 Å². The number of rotatable bonds is 2. The number of carbonyl (C=O) groups excluding carboxylic acids is 2. The molecule has 0 aromatic rings. The van der Waals surface area contributed by atoms with Crippen LogP contribution in [0.4, 0.5) is 4.79 Å². The van der Waals surface area contributed by atoms with Crippen molar-refractivity contribution >= 4 is 21.8 Å². The molecule has 0 saturated carbocycles. The molecular weight excluding hydrogens is 332 g/mol. The van der Waals surface area contributed by atoms with Gasteiger partial charge in [-0.3, -0.25) is 4.79 Å². The smallest absolute Gasteiger partial charge is 0.410 e. The molecule has 0 radical (unpaired) electrons. The minimum absolute atomic E-state index is 0.0408. The number of nitrogens with zero attached hydrogens (tertiary/aromatic N) is 2. The van der Waals surface area contributed by atoms with Gasteiger partial charge in [0.2, 0.25) is 5.91 Å². The van der Waals surface area contributed by atoms with E-state index in [0.717, 1.165) is 0 Å². The Morgan fingerprint density at radius 2 is 1.58 bits per heavy atom. The first-order valence-corrected chi connectivity index (χ1v) is 10.2. The van der Waals surface area contributed by atoms with Gasteiger partial charge < -0.3 is 14.5 Å². The number of piperazine rings is 1. The van der Waals surface area contributed by atoms with Gasteiger partial charge in [0.05, 0.1) is 23.6 Å². The lowest BCUT2D eigenvalue weighted by Gasteiger charge is -2.44. The average Bonchev–Trinajstić information content (AvgIpc) is 2.68. The molecule has 0 spiro atoms. The van der Waals surface area contributed by atoms with Crippen molar-refractivity contribution in [2.45, 2.75) is 58.7 Å². The van der Waals surface area contributed by atoms with Gasteiger partial charge in [0, 0.05) is 19.5 Å². The Morgan fingerprint density at radius 1 is 1.08 bits per heavy atom. The molecule has 2 saturated heterocycles. The average molecular weight is 360 g/mol. The predicted molar refractivity (Wildman–Crippen MR) is 90.3 cm³/mol. The first-order chi connectivity index (χ1) is 10.9. The second-order valence-corrected chi connectivity index (χ2v) is 10.2. The first-order valence-electron chi connectivity index (χ1n) is 8.39. The van der Waals surface area contributed by atoms with Crippen LogP contribution in [-0.4, -0.2) is 72.5 Å². The molecule has 2 heterocycles. The SMILES string of the molecule is CC(C)CC(=O)N1CCN(C(=O)OC(C)(C)C)[C@@H]2CS(=O)(=O)C[C@@H]21. The summed E-state index contributed by atoms with van der Waals surface area (Å²) in [5, 5.41) is 0. The fraction of sp³-hybridized carbons (Fsp3) is 0.875. The quantitative estimate of drug-likeness (QED) is 0.741. The fourth-order valence-electron chi connectivity index (χ4n) is 3.28. The monoisotopic (exact) mass is 360 g/mol. The number of fused-ring (bicyclic) bond motifs is 1. The van der Waals surface area contributed by atoms with E-state index in [4.69, 9.17) is 4.74 Å². The van der Waals surface area contributed by atoms with Crippen LogP contribution in [0.25, 0.3) is 0 Å². The number of hydrogen-bond acceptors (Lipinski definition) is 5. The van der Waals surface area contributed by atoms with E-state index in [2.05, 4.69) is 0 Å². The molecular formula is C16H28N2O5S. The van der Waals surface area contributed by atoms with E-state index in [0.29, 0.717) is 19.5 Å². The van der Waals surface area contributed by atoms with Gasteiger partial charge in [-0.2, -0.15) is 0 Å². The second-order valence-electron chi connectivity index (χ2n) is 8.07. The summed E-state index contributed by atoms with van der Waals surface area (Å²) >= 11 is 0. The van der Waals surface area contributed by atoms with E-state index in [1.54, 1.807) is 25.7 Å². The van der Waals surface area contributed by atoms with E-state index >= 15 is 0 Å². The van der Waals surface area contributed by atoms with E-state index < -0.39 is 33.6 Å². The molecule has 7 nitrogen and oxygen atoms in total. The third kappa shape index (κ3) is 4.40. The molecule has 0 bridgehead atoms. The maximum absolute atomic E-state index is 12.5. The molecule has 0 aromatic heterocycles. The van der Waals surface area contributed by atoms with Crippen molar-refractivity contribution in [3.8, 4) is 0 Å². The molecule has 2 amide bonds. The second kappa shape index (κ2) is 6.54.